The lowest BCUT2D eigenvalue weighted by Gasteiger charge is -2.11. The topological polar surface area (TPSA) is 57.4 Å². The zero-order chi connectivity index (χ0) is 14.8. The van der Waals surface area contributed by atoms with Crippen LogP contribution in [0.25, 0.3) is 0 Å². The highest BCUT2D eigenvalue weighted by Crippen LogP contribution is 2.33. The molecule has 1 saturated carbocycles. The van der Waals surface area contributed by atoms with Crippen molar-refractivity contribution in [3.8, 4) is 17.5 Å². The van der Waals surface area contributed by atoms with E-state index in [0.29, 0.717) is 40.2 Å². The number of nitrogen functional groups attached to an aromatic ring is 1. The molecular weight excluding hydrogens is 339 g/mol. The van der Waals surface area contributed by atoms with Crippen LogP contribution in [0.4, 0.5) is 10.1 Å². The maximum absolute atomic E-state index is 13.2. The summed E-state index contributed by atoms with van der Waals surface area (Å²) in [6.07, 6.45) is 2.37. The van der Waals surface area contributed by atoms with Gasteiger partial charge in [-0.3, -0.25) is 0 Å². The molecular formula is C15H14BrFN2O2. The number of halogens is 2. The molecule has 110 valence electrons. The van der Waals surface area contributed by atoms with Gasteiger partial charge in [0.1, 0.15) is 11.6 Å². The molecule has 1 aliphatic carbocycles. The Morgan fingerprint density at radius 3 is 2.86 bits per heavy atom. The van der Waals surface area contributed by atoms with Crippen LogP contribution in [0.15, 0.2) is 34.8 Å². The smallest absolute Gasteiger partial charge is 0.240 e. The van der Waals surface area contributed by atoms with Gasteiger partial charge >= 0.3 is 0 Å². The molecule has 2 N–H and O–H groups in total. The number of rotatable bonds is 5. The van der Waals surface area contributed by atoms with Crippen LogP contribution in [-0.2, 0) is 0 Å². The van der Waals surface area contributed by atoms with E-state index in [0.717, 1.165) is 0 Å². The molecule has 1 aliphatic rings. The van der Waals surface area contributed by atoms with Crippen molar-refractivity contribution in [1.82, 2.24) is 4.98 Å². The summed E-state index contributed by atoms with van der Waals surface area (Å²) in [6.45, 7) is 0.615. The number of benzene rings is 1. The third-order valence-electron chi connectivity index (χ3n) is 3.12. The minimum atomic E-state index is -0.381. The number of nitrogens with zero attached hydrogens (tertiary/aromatic N) is 1. The van der Waals surface area contributed by atoms with Gasteiger partial charge in [-0.05, 0) is 52.9 Å². The fourth-order valence-electron chi connectivity index (χ4n) is 1.76. The molecule has 0 amide bonds. The van der Waals surface area contributed by atoms with E-state index in [1.54, 1.807) is 18.2 Å². The monoisotopic (exact) mass is 352 g/mol. The minimum Gasteiger partial charge on any atom is -0.476 e. The van der Waals surface area contributed by atoms with Crippen molar-refractivity contribution < 1.29 is 13.9 Å². The van der Waals surface area contributed by atoms with Crippen molar-refractivity contribution >= 4 is 21.6 Å². The van der Waals surface area contributed by atoms with Gasteiger partial charge in [0.25, 0.3) is 0 Å². The summed E-state index contributed by atoms with van der Waals surface area (Å²) in [5.74, 6) is 1.23. The van der Waals surface area contributed by atoms with E-state index in [1.807, 2.05) is 0 Å². The van der Waals surface area contributed by atoms with E-state index in [4.69, 9.17) is 15.2 Å². The molecule has 1 heterocycles. The molecule has 1 aromatic heterocycles. The third-order valence-corrected chi connectivity index (χ3v) is 3.78. The van der Waals surface area contributed by atoms with Gasteiger partial charge in [-0.1, -0.05) is 0 Å². The number of hydrogen-bond acceptors (Lipinski definition) is 4. The Kier molecular flexibility index (Phi) is 3.96. The second kappa shape index (κ2) is 5.89. The maximum Gasteiger partial charge on any atom is 0.240 e. The zero-order valence-electron chi connectivity index (χ0n) is 11.2. The minimum absolute atomic E-state index is 0.307. The Morgan fingerprint density at radius 1 is 1.29 bits per heavy atom. The van der Waals surface area contributed by atoms with Crippen molar-refractivity contribution in [3.05, 3.63) is 40.6 Å². The first-order valence-electron chi connectivity index (χ1n) is 6.64. The summed E-state index contributed by atoms with van der Waals surface area (Å²) in [5.41, 5.74) is 6.29. The predicted octanol–water partition coefficient (Wildman–Crippen LogP) is 4.15. The fourth-order valence-corrected chi connectivity index (χ4v) is 2.08. The first-order valence-corrected chi connectivity index (χ1v) is 7.43. The van der Waals surface area contributed by atoms with E-state index < -0.39 is 0 Å². The Morgan fingerprint density at radius 2 is 2.10 bits per heavy atom. The summed E-state index contributed by atoms with van der Waals surface area (Å²) in [6, 6.07) is 7.49. The van der Waals surface area contributed by atoms with Crippen LogP contribution >= 0.6 is 15.9 Å². The molecule has 1 aromatic carbocycles. The van der Waals surface area contributed by atoms with Crippen LogP contribution in [0.1, 0.15) is 12.8 Å². The van der Waals surface area contributed by atoms with Crippen LogP contribution in [-0.4, -0.2) is 11.6 Å². The van der Waals surface area contributed by atoms with E-state index in [-0.39, 0.29) is 5.82 Å². The molecule has 0 unspecified atom stereocenters. The van der Waals surface area contributed by atoms with Crippen molar-refractivity contribution in [3.63, 3.8) is 0 Å². The number of anilines is 1. The van der Waals surface area contributed by atoms with Gasteiger partial charge in [0.2, 0.25) is 11.8 Å². The predicted molar refractivity (Wildman–Crippen MR) is 81.0 cm³/mol. The molecule has 0 aliphatic heterocycles. The second-order valence-electron chi connectivity index (χ2n) is 4.98. The van der Waals surface area contributed by atoms with E-state index in [1.165, 1.54) is 25.0 Å². The average molecular weight is 353 g/mol. The fraction of sp³-hybridized carbons (Fsp3) is 0.267. The Labute approximate surface area is 130 Å². The van der Waals surface area contributed by atoms with E-state index >= 15 is 0 Å². The lowest BCUT2D eigenvalue weighted by molar-refractivity contribution is 0.286. The highest BCUT2D eigenvalue weighted by Gasteiger charge is 2.22. The zero-order valence-corrected chi connectivity index (χ0v) is 12.8. The molecule has 6 heteroatoms. The molecule has 0 bridgehead atoms. The molecule has 0 atom stereocenters. The summed E-state index contributed by atoms with van der Waals surface area (Å²) in [7, 11) is 0. The summed E-state index contributed by atoms with van der Waals surface area (Å²) >= 11 is 3.30. The summed E-state index contributed by atoms with van der Waals surface area (Å²) in [5, 5.41) is 0. The number of hydrogen-bond donors (Lipinski definition) is 1. The van der Waals surface area contributed by atoms with Gasteiger partial charge in [0.05, 0.1) is 16.8 Å². The normalized spacial score (nSPS) is 14.0. The Bertz CT molecular complexity index is 662. The van der Waals surface area contributed by atoms with Crippen LogP contribution < -0.4 is 15.2 Å². The standard InChI is InChI=1S/C15H14BrFN2O2/c16-11-4-3-10(17)7-13(11)21-14-6-5-12(18)15(19-14)20-8-9-1-2-9/h3-7,9H,1-2,8,18H2. The van der Waals surface area contributed by atoms with E-state index in [9.17, 15) is 4.39 Å². The molecule has 3 rings (SSSR count). The quantitative estimate of drug-likeness (QED) is 0.878. The maximum atomic E-state index is 13.2. The summed E-state index contributed by atoms with van der Waals surface area (Å²) in [4.78, 5) is 4.23. The highest BCUT2D eigenvalue weighted by atomic mass is 79.9. The summed E-state index contributed by atoms with van der Waals surface area (Å²) < 4.78 is 25.1. The molecule has 2 aromatic rings. The first-order chi connectivity index (χ1) is 10.1. The molecule has 0 spiro atoms. The molecule has 21 heavy (non-hydrogen) atoms. The lowest BCUT2D eigenvalue weighted by atomic mass is 10.3. The Balaban J connectivity index is 1.78. The Hall–Kier alpha value is -1.82. The molecule has 1 fully saturated rings. The van der Waals surface area contributed by atoms with Crippen LogP contribution in [0.2, 0.25) is 0 Å². The average Bonchev–Trinajstić information content (AvgIpc) is 3.27. The highest BCUT2D eigenvalue weighted by molar-refractivity contribution is 9.10. The van der Waals surface area contributed by atoms with Crippen LogP contribution in [0.5, 0.6) is 17.5 Å². The SMILES string of the molecule is Nc1ccc(Oc2cc(F)ccc2Br)nc1OCC1CC1. The number of nitrogens with two attached hydrogens (primary N) is 1. The first kappa shape index (κ1) is 14.1. The largest absolute Gasteiger partial charge is 0.476 e. The molecule has 4 nitrogen and oxygen atoms in total. The molecule has 0 saturated heterocycles. The number of aromatic nitrogens is 1. The van der Waals surface area contributed by atoms with Gasteiger partial charge < -0.3 is 15.2 Å². The number of pyridine rings is 1. The van der Waals surface area contributed by atoms with Crippen molar-refractivity contribution in [2.24, 2.45) is 5.92 Å². The lowest BCUT2D eigenvalue weighted by Crippen LogP contribution is -2.04. The van der Waals surface area contributed by atoms with Gasteiger partial charge in [0.15, 0.2) is 0 Å². The van der Waals surface area contributed by atoms with Gasteiger partial charge in [0, 0.05) is 12.1 Å². The van der Waals surface area contributed by atoms with Crippen LogP contribution in [0.3, 0.4) is 0 Å². The van der Waals surface area contributed by atoms with Crippen molar-refractivity contribution in [1.29, 1.82) is 0 Å². The third kappa shape index (κ3) is 3.64. The van der Waals surface area contributed by atoms with E-state index in [2.05, 4.69) is 20.9 Å². The van der Waals surface area contributed by atoms with Crippen molar-refractivity contribution in [2.45, 2.75) is 12.8 Å². The number of ether oxygens (including phenoxy) is 2. The van der Waals surface area contributed by atoms with Crippen molar-refractivity contribution in [2.75, 3.05) is 12.3 Å². The van der Waals surface area contributed by atoms with Gasteiger partial charge in [-0.25, -0.2) is 4.39 Å². The second-order valence-corrected chi connectivity index (χ2v) is 5.83. The van der Waals surface area contributed by atoms with Gasteiger partial charge in [-0.15, -0.1) is 0 Å². The van der Waals surface area contributed by atoms with Gasteiger partial charge in [-0.2, -0.15) is 4.98 Å². The molecule has 0 radical (unpaired) electrons. The van der Waals surface area contributed by atoms with Crippen LogP contribution in [0, 0.1) is 11.7 Å².